The van der Waals surface area contributed by atoms with Gasteiger partial charge in [-0.15, -0.1) is 0 Å². The lowest BCUT2D eigenvalue weighted by atomic mass is 9.84. The van der Waals surface area contributed by atoms with Gasteiger partial charge in [0.25, 0.3) is 0 Å². The minimum absolute atomic E-state index is 0.481. The molecule has 3 rings (SSSR count). The zero-order chi connectivity index (χ0) is 14.5. The largest absolute Gasteiger partial charge is 0.493 e. The second-order valence-corrected chi connectivity index (χ2v) is 6.34. The molecule has 1 atom stereocenters. The first-order chi connectivity index (χ1) is 10.3. The molecule has 0 radical (unpaired) electrons. The number of benzene rings is 1. The third kappa shape index (κ3) is 3.99. The number of hydrogen-bond acceptors (Lipinski definition) is 3. The molecule has 0 spiro atoms. The summed E-state index contributed by atoms with van der Waals surface area (Å²) >= 11 is 0. The van der Waals surface area contributed by atoms with Crippen LogP contribution in [0.5, 0.6) is 5.75 Å². The maximum atomic E-state index is 5.91. The Labute approximate surface area is 127 Å². The van der Waals surface area contributed by atoms with Crippen molar-refractivity contribution in [2.45, 2.75) is 57.4 Å². The van der Waals surface area contributed by atoms with Crippen molar-refractivity contribution in [2.75, 3.05) is 13.2 Å². The van der Waals surface area contributed by atoms with Gasteiger partial charge in [-0.3, -0.25) is 4.99 Å². The smallest absolute Gasteiger partial charge is 0.119 e. The first-order valence-electron chi connectivity index (χ1n) is 8.34. The molecule has 1 aromatic carbocycles. The van der Waals surface area contributed by atoms with Gasteiger partial charge in [0, 0.05) is 12.5 Å². The van der Waals surface area contributed by atoms with Crippen LogP contribution in [-0.4, -0.2) is 25.0 Å². The summed E-state index contributed by atoms with van der Waals surface area (Å²) in [6.07, 6.45) is 7.70. The van der Waals surface area contributed by atoms with Crippen molar-refractivity contribution >= 4 is 5.84 Å². The van der Waals surface area contributed by atoms with Gasteiger partial charge in [0.05, 0.1) is 13.2 Å². The van der Waals surface area contributed by atoms with Crippen LogP contribution in [0, 0.1) is 0 Å². The minimum Gasteiger partial charge on any atom is -0.493 e. The Hall–Kier alpha value is -1.51. The maximum Gasteiger partial charge on any atom is 0.119 e. The van der Waals surface area contributed by atoms with Crippen molar-refractivity contribution in [3.05, 3.63) is 29.8 Å². The van der Waals surface area contributed by atoms with Gasteiger partial charge < -0.3 is 10.1 Å². The van der Waals surface area contributed by atoms with Crippen molar-refractivity contribution in [3.63, 3.8) is 0 Å². The van der Waals surface area contributed by atoms with E-state index in [1.54, 1.807) is 0 Å². The van der Waals surface area contributed by atoms with Gasteiger partial charge >= 0.3 is 0 Å². The highest BCUT2D eigenvalue weighted by Crippen LogP contribution is 2.33. The normalized spacial score (nSPS) is 22.7. The summed E-state index contributed by atoms with van der Waals surface area (Å²) < 4.78 is 5.91. The number of nitrogens with one attached hydrogen (secondary N) is 1. The van der Waals surface area contributed by atoms with Gasteiger partial charge in [0.1, 0.15) is 11.6 Å². The Balaban J connectivity index is 1.51. The predicted molar refractivity (Wildman–Crippen MR) is 87.3 cm³/mol. The third-order valence-corrected chi connectivity index (χ3v) is 4.51. The number of nitrogens with zero attached hydrogens (tertiary/aromatic N) is 1. The van der Waals surface area contributed by atoms with E-state index in [0.29, 0.717) is 12.6 Å². The molecule has 3 heteroatoms. The molecule has 0 aromatic heterocycles. The van der Waals surface area contributed by atoms with Crippen molar-refractivity contribution < 1.29 is 4.74 Å². The lowest BCUT2D eigenvalue weighted by Gasteiger charge is -2.22. The average molecular weight is 286 g/mol. The van der Waals surface area contributed by atoms with Crippen molar-refractivity contribution in [3.8, 4) is 5.75 Å². The van der Waals surface area contributed by atoms with Crippen molar-refractivity contribution in [1.29, 1.82) is 0 Å². The molecule has 0 saturated heterocycles. The van der Waals surface area contributed by atoms with Gasteiger partial charge in [-0.2, -0.15) is 0 Å². The molecule has 1 aliphatic heterocycles. The quantitative estimate of drug-likeness (QED) is 0.891. The van der Waals surface area contributed by atoms with E-state index in [1.165, 1.54) is 37.7 Å². The zero-order valence-corrected chi connectivity index (χ0v) is 13.0. The fourth-order valence-electron chi connectivity index (χ4n) is 3.33. The highest BCUT2D eigenvalue weighted by molar-refractivity contribution is 5.84. The molecular weight excluding hydrogens is 260 g/mol. The first-order valence-corrected chi connectivity index (χ1v) is 8.34. The topological polar surface area (TPSA) is 33.6 Å². The molecule has 21 heavy (non-hydrogen) atoms. The van der Waals surface area contributed by atoms with Crippen LogP contribution in [0.2, 0.25) is 0 Å². The molecule has 1 fully saturated rings. The summed E-state index contributed by atoms with van der Waals surface area (Å²) in [5.41, 5.74) is 1.46. The fraction of sp³-hybridized carbons (Fsp3) is 0.611. The molecule has 114 valence electrons. The summed E-state index contributed by atoms with van der Waals surface area (Å²) in [5.74, 6) is 2.83. The fourth-order valence-corrected chi connectivity index (χ4v) is 3.33. The molecule has 1 saturated carbocycles. The summed E-state index contributed by atoms with van der Waals surface area (Å²) in [5, 5.41) is 3.37. The van der Waals surface area contributed by atoms with E-state index >= 15 is 0 Å². The number of ether oxygens (including phenoxy) is 1. The summed E-state index contributed by atoms with van der Waals surface area (Å²) in [6.45, 7) is 3.75. The molecule has 2 aliphatic rings. The molecule has 1 aromatic rings. The van der Waals surface area contributed by atoms with Crippen molar-refractivity contribution in [1.82, 2.24) is 5.32 Å². The molecule has 1 unspecified atom stereocenters. The van der Waals surface area contributed by atoms with E-state index < -0.39 is 0 Å². The summed E-state index contributed by atoms with van der Waals surface area (Å²) in [7, 11) is 0. The number of rotatable bonds is 5. The third-order valence-electron chi connectivity index (χ3n) is 4.51. The highest BCUT2D eigenvalue weighted by atomic mass is 16.5. The van der Waals surface area contributed by atoms with Crippen LogP contribution in [-0.2, 0) is 0 Å². The zero-order valence-electron chi connectivity index (χ0n) is 13.0. The molecule has 1 aliphatic carbocycles. The van der Waals surface area contributed by atoms with Gasteiger partial charge in [-0.25, -0.2) is 0 Å². The Morgan fingerprint density at radius 3 is 2.86 bits per heavy atom. The Morgan fingerprint density at radius 1 is 1.24 bits per heavy atom. The van der Waals surface area contributed by atoms with E-state index in [0.717, 1.165) is 30.5 Å². The molecule has 0 amide bonds. The van der Waals surface area contributed by atoms with E-state index in [-0.39, 0.29) is 0 Å². The highest BCUT2D eigenvalue weighted by Gasteiger charge is 2.16. The second-order valence-electron chi connectivity index (χ2n) is 6.34. The van der Waals surface area contributed by atoms with Crippen LogP contribution in [0.15, 0.2) is 29.3 Å². The predicted octanol–water partition coefficient (Wildman–Crippen LogP) is 3.89. The Bertz CT molecular complexity index is 492. The number of hydrogen-bond donors (Lipinski definition) is 1. The standard InChI is InChI=1S/C18H26N2O/c1-14-13-19-18(20-14)10-11-21-17-9-5-8-16(12-17)15-6-3-2-4-7-15/h5,8-9,12,14-15H,2-4,6-7,10-11,13H2,1H3,(H,19,20). The van der Waals surface area contributed by atoms with Crippen LogP contribution >= 0.6 is 0 Å². The maximum absolute atomic E-state index is 5.91. The van der Waals surface area contributed by atoms with Crippen LogP contribution < -0.4 is 10.1 Å². The second kappa shape index (κ2) is 6.97. The summed E-state index contributed by atoms with van der Waals surface area (Å²) in [4.78, 5) is 4.46. The first kappa shape index (κ1) is 14.4. The molecular formula is C18H26N2O. The average Bonchev–Trinajstić information content (AvgIpc) is 2.94. The Morgan fingerprint density at radius 2 is 2.10 bits per heavy atom. The molecule has 3 nitrogen and oxygen atoms in total. The lowest BCUT2D eigenvalue weighted by molar-refractivity contribution is 0.327. The van der Waals surface area contributed by atoms with E-state index in [9.17, 15) is 0 Å². The van der Waals surface area contributed by atoms with E-state index in [2.05, 4.69) is 41.5 Å². The Kier molecular flexibility index (Phi) is 4.79. The van der Waals surface area contributed by atoms with Gasteiger partial charge in [-0.1, -0.05) is 31.4 Å². The number of aliphatic imine (C=N–C) groups is 1. The lowest BCUT2D eigenvalue weighted by Crippen LogP contribution is -2.28. The van der Waals surface area contributed by atoms with E-state index in [1.807, 2.05) is 0 Å². The molecule has 1 N–H and O–H groups in total. The molecule has 1 heterocycles. The number of amidine groups is 1. The van der Waals surface area contributed by atoms with Crippen LogP contribution in [0.3, 0.4) is 0 Å². The minimum atomic E-state index is 0.481. The van der Waals surface area contributed by atoms with Crippen LogP contribution in [0.1, 0.15) is 56.9 Å². The van der Waals surface area contributed by atoms with Crippen LogP contribution in [0.25, 0.3) is 0 Å². The van der Waals surface area contributed by atoms with Gasteiger partial charge in [0.2, 0.25) is 0 Å². The van der Waals surface area contributed by atoms with Gasteiger partial charge in [0.15, 0.2) is 0 Å². The van der Waals surface area contributed by atoms with Crippen LogP contribution in [0.4, 0.5) is 0 Å². The monoisotopic (exact) mass is 286 g/mol. The van der Waals surface area contributed by atoms with Gasteiger partial charge in [-0.05, 0) is 43.4 Å². The SMILES string of the molecule is CC1CN=C(CCOc2cccc(C3CCCCC3)c2)N1. The summed E-state index contributed by atoms with van der Waals surface area (Å²) in [6, 6.07) is 9.18. The van der Waals surface area contributed by atoms with Crippen molar-refractivity contribution in [2.24, 2.45) is 4.99 Å². The van der Waals surface area contributed by atoms with E-state index in [4.69, 9.17) is 4.74 Å². The molecule has 0 bridgehead atoms.